The lowest BCUT2D eigenvalue weighted by Crippen LogP contribution is -2.26. The Kier molecular flexibility index (Phi) is 6.21. The van der Waals surface area contributed by atoms with Gasteiger partial charge in [0.1, 0.15) is 0 Å². The normalized spacial score (nSPS) is 16.6. The molecule has 1 aliphatic heterocycles. The molecule has 1 fully saturated rings. The van der Waals surface area contributed by atoms with E-state index >= 15 is 0 Å². The molecule has 1 aliphatic rings. The fourth-order valence-electron chi connectivity index (χ4n) is 3.69. The molecule has 7 nitrogen and oxygen atoms in total. The predicted octanol–water partition coefficient (Wildman–Crippen LogP) is 4.02. The van der Waals surface area contributed by atoms with Gasteiger partial charge in [-0.2, -0.15) is 5.10 Å². The fourth-order valence-corrected chi connectivity index (χ4v) is 4.86. The van der Waals surface area contributed by atoms with Crippen LogP contribution in [0.2, 0.25) is 0 Å². The van der Waals surface area contributed by atoms with Crippen LogP contribution in [0.5, 0.6) is 0 Å². The first-order valence-corrected chi connectivity index (χ1v) is 11.1. The third-order valence-electron chi connectivity index (χ3n) is 5.19. The fraction of sp³-hybridized carbons (Fsp3) is 0.333. The molecule has 4 rings (SSSR count). The highest BCUT2D eigenvalue weighted by Gasteiger charge is 2.29. The number of allylic oxidation sites excluding steroid dienone is 1. The molecule has 1 amide bonds. The molecular weight excluding hydrogens is 416 g/mol. The standard InChI is InChI=1S/C21H24N6OS2/c1-3-10-27-18(24-25-21(27)29)17-14(2)22-20(30-17)23-19(28)16-9-11-26(13-16)12-15-7-5-4-6-8-15/h3-8,16H,1,9-13H2,2H3,(H,25,29)(H,22,23,28). The molecule has 2 N–H and O–H groups in total. The molecule has 3 aromatic rings. The molecule has 1 unspecified atom stereocenters. The number of H-pyrrole nitrogens is 1. The van der Waals surface area contributed by atoms with Crippen molar-refractivity contribution < 1.29 is 4.79 Å². The number of nitrogens with one attached hydrogen (secondary N) is 2. The van der Waals surface area contributed by atoms with E-state index in [9.17, 15) is 4.79 Å². The Morgan fingerprint density at radius 2 is 2.23 bits per heavy atom. The van der Waals surface area contributed by atoms with Crippen LogP contribution in [0.1, 0.15) is 17.7 Å². The van der Waals surface area contributed by atoms with Crippen molar-refractivity contribution in [2.75, 3.05) is 18.4 Å². The summed E-state index contributed by atoms with van der Waals surface area (Å²) >= 11 is 6.71. The van der Waals surface area contributed by atoms with Gasteiger partial charge in [-0.25, -0.2) is 4.98 Å². The number of nitrogens with zero attached hydrogens (tertiary/aromatic N) is 4. The number of rotatable bonds is 7. The second-order valence-electron chi connectivity index (χ2n) is 7.38. The first kappa shape index (κ1) is 20.6. The van der Waals surface area contributed by atoms with Crippen molar-refractivity contribution in [3.05, 3.63) is 59.0 Å². The molecule has 3 heterocycles. The van der Waals surface area contributed by atoms with Gasteiger partial charge in [-0.05, 0) is 37.7 Å². The van der Waals surface area contributed by atoms with E-state index in [1.807, 2.05) is 29.7 Å². The van der Waals surface area contributed by atoms with Gasteiger partial charge in [0.05, 0.1) is 16.5 Å². The zero-order chi connectivity index (χ0) is 21.1. The Bertz CT molecular complexity index is 1100. The van der Waals surface area contributed by atoms with Gasteiger partial charge in [0.2, 0.25) is 5.91 Å². The maximum Gasteiger partial charge on any atom is 0.230 e. The number of benzene rings is 1. The number of likely N-dealkylation sites (tertiary alicyclic amines) is 1. The summed E-state index contributed by atoms with van der Waals surface area (Å²) < 4.78 is 2.40. The van der Waals surface area contributed by atoms with E-state index in [2.05, 4.69) is 44.1 Å². The van der Waals surface area contributed by atoms with Gasteiger partial charge in [-0.15, -0.1) is 6.58 Å². The van der Waals surface area contributed by atoms with Crippen molar-refractivity contribution in [1.82, 2.24) is 24.6 Å². The number of amides is 1. The molecule has 0 aliphatic carbocycles. The number of hydrogen-bond acceptors (Lipinski definition) is 6. The average Bonchev–Trinajstić information content (AvgIpc) is 3.43. The lowest BCUT2D eigenvalue weighted by atomic mass is 10.1. The van der Waals surface area contributed by atoms with E-state index in [1.54, 1.807) is 6.08 Å². The summed E-state index contributed by atoms with van der Waals surface area (Å²) in [6.07, 6.45) is 2.63. The number of aromatic amines is 1. The summed E-state index contributed by atoms with van der Waals surface area (Å²) in [5.74, 6) is 0.706. The third kappa shape index (κ3) is 4.43. The van der Waals surface area contributed by atoms with Gasteiger partial charge in [-0.1, -0.05) is 47.7 Å². The van der Waals surface area contributed by atoms with E-state index in [4.69, 9.17) is 12.2 Å². The number of hydrogen-bond donors (Lipinski definition) is 2. The van der Waals surface area contributed by atoms with Crippen molar-refractivity contribution in [2.45, 2.75) is 26.4 Å². The van der Waals surface area contributed by atoms with Gasteiger partial charge < -0.3 is 5.32 Å². The highest BCUT2D eigenvalue weighted by Crippen LogP contribution is 2.32. The molecule has 156 valence electrons. The summed E-state index contributed by atoms with van der Waals surface area (Å²) in [7, 11) is 0. The summed E-state index contributed by atoms with van der Waals surface area (Å²) in [6, 6.07) is 10.4. The van der Waals surface area contributed by atoms with Crippen LogP contribution in [-0.4, -0.2) is 43.6 Å². The van der Waals surface area contributed by atoms with E-state index in [0.29, 0.717) is 22.3 Å². The van der Waals surface area contributed by atoms with Gasteiger partial charge in [0, 0.05) is 19.6 Å². The maximum absolute atomic E-state index is 12.8. The second-order valence-corrected chi connectivity index (χ2v) is 8.77. The topological polar surface area (TPSA) is 78.8 Å². The summed E-state index contributed by atoms with van der Waals surface area (Å²) in [6.45, 7) is 8.80. The smallest absolute Gasteiger partial charge is 0.230 e. The molecule has 0 bridgehead atoms. The van der Waals surface area contributed by atoms with Crippen LogP contribution in [0, 0.1) is 17.6 Å². The minimum Gasteiger partial charge on any atom is -0.302 e. The van der Waals surface area contributed by atoms with Crippen LogP contribution in [0.3, 0.4) is 0 Å². The molecule has 1 atom stereocenters. The zero-order valence-corrected chi connectivity index (χ0v) is 18.4. The summed E-state index contributed by atoms with van der Waals surface area (Å²) in [5, 5.41) is 10.8. The number of aryl methyl sites for hydroxylation is 1. The van der Waals surface area contributed by atoms with Gasteiger partial charge in [0.15, 0.2) is 15.7 Å². The summed E-state index contributed by atoms with van der Waals surface area (Å²) in [5.41, 5.74) is 2.08. The van der Waals surface area contributed by atoms with Crippen LogP contribution < -0.4 is 5.32 Å². The Morgan fingerprint density at radius 3 is 3.00 bits per heavy atom. The summed E-state index contributed by atoms with van der Waals surface area (Å²) in [4.78, 5) is 20.6. The molecule has 1 saturated heterocycles. The van der Waals surface area contributed by atoms with Gasteiger partial charge in [-0.3, -0.25) is 19.4 Å². The van der Waals surface area contributed by atoms with Crippen LogP contribution in [0.4, 0.5) is 5.13 Å². The average molecular weight is 441 g/mol. The van der Waals surface area contributed by atoms with Gasteiger partial charge in [0.25, 0.3) is 0 Å². The molecule has 2 aromatic heterocycles. The Morgan fingerprint density at radius 1 is 1.43 bits per heavy atom. The first-order valence-electron chi connectivity index (χ1n) is 9.86. The lowest BCUT2D eigenvalue weighted by Gasteiger charge is -2.15. The molecule has 1 aromatic carbocycles. The second kappa shape index (κ2) is 9.03. The number of carbonyl (C=O) groups is 1. The first-order chi connectivity index (χ1) is 14.5. The van der Waals surface area contributed by atoms with Crippen LogP contribution in [0.25, 0.3) is 10.7 Å². The number of anilines is 1. The molecule has 0 spiro atoms. The number of carbonyl (C=O) groups excluding carboxylic acids is 1. The van der Waals surface area contributed by atoms with E-state index in [0.717, 1.165) is 36.6 Å². The minimum atomic E-state index is -0.0308. The lowest BCUT2D eigenvalue weighted by molar-refractivity contribution is -0.119. The SMILES string of the molecule is C=CCn1c(-c2sc(NC(=O)C3CCN(Cc4ccccc4)C3)nc2C)n[nH]c1=S. The van der Waals surface area contributed by atoms with E-state index in [-0.39, 0.29) is 11.8 Å². The van der Waals surface area contributed by atoms with Crippen LogP contribution in [0.15, 0.2) is 43.0 Å². The number of aromatic nitrogens is 4. The predicted molar refractivity (Wildman–Crippen MR) is 122 cm³/mol. The van der Waals surface area contributed by atoms with Crippen molar-refractivity contribution in [1.29, 1.82) is 0 Å². The van der Waals surface area contributed by atoms with Crippen molar-refractivity contribution in [3.8, 4) is 10.7 Å². The molecule has 30 heavy (non-hydrogen) atoms. The monoisotopic (exact) mass is 440 g/mol. The largest absolute Gasteiger partial charge is 0.302 e. The van der Waals surface area contributed by atoms with Crippen molar-refractivity contribution in [2.24, 2.45) is 5.92 Å². The third-order valence-corrected chi connectivity index (χ3v) is 6.57. The number of thiazole rings is 1. The highest BCUT2D eigenvalue weighted by molar-refractivity contribution is 7.71. The Balaban J connectivity index is 1.42. The minimum absolute atomic E-state index is 0.0239. The highest BCUT2D eigenvalue weighted by atomic mass is 32.1. The van der Waals surface area contributed by atoms with Crippen LogP contribution >= 0.6 is 23.6 Å². The Labute approximate surface area is 184 Å². The zero-order valence-electron chi connectivity index (χ0n) is 16.8. The van der Waals surface area contributed by atoms with Crippen molar-refractivity contribution >= 4 is 34.6 Å². The quantitative estimate of drug-likeness (QED) is 0.429. The Hall–Kier alpha value is -2.62. The maximum atomic E-state index is 12.8. The van der Waals surface area contributed by atoms with E-state index in [1.165, 1.54) is 16.9 Å². The molecular formula is C21H24N6OS2. The van der Waals surface area contributed by atoms with Gasteiger partial charge >= 0.3 is 0 Å². The molecule has 0 saturated carbocycles. The molecule has 9 heteroatoms. The van der Waals surface area contributed by atoms with Crippen LogP contribution in [-0.2, 0) is 17.9 Å². The van der Waals surface area contributed by atoms with E-state index < -0.39 is 0 Å². The molecule has 0 radical (unpaired) electrons. The van der Waals surface area contributed by atoms with Crippen molar-refractivity contribution in [3.63, 3.8) is 0 Å².